The van der Waals surface area contributed by atoms with Gasteiger partial charge < -0.3 is 30.1 Å². The highest BCUT2D eigenvalue weighted by atomic mass is 35.5. The van der Waals surface area contributed by atoms with E-state index in [2.05, 4.69) is 10.2 Å². The lowest BCUT2D eigenvalue weighted by Gasteiger charge is -2.59. The highest BCUT2D eigenvalue weighted by molar-refractivity contribution is 6.31. The number of esters is 1. The van der Waals surface area contributed by atoms with Crippen molar-refractivity contribution in [2.75, 3.05) is 25.5 Å². The molecule has 6 rings (SSSR count). The van der Waals surface area contributed by atoms with Crippen LogP contribution in [0.25, 0.3) is 0 Å². The lowest BCUT2D eigenvalue weighted by atomic mass is 9.53. The van der Waals surface area contributed by atoms with E-state index < -0.39 is 29.0 Å². The summed E-state index contributed by atoms with van der Waals surface area (Å²) >= 11 is 6.11. The van der Waals surface area contributed by atoms with Gasteiger partial charge in [-0.15, -0.1) is 0 Å². The molecule has 0 aromatic heterocycles. The number of aromatic hydroxyl groups is 1. The number of carbonyl (C=O) groups is 2. The van der Waals surface area contributed by atoms with Crippen LogP contribution >= 0.6 is 11.6 Å². The van der Waals surface area contributed by atoms with E-state index in [1.165, 1.54) is 45.1 Å². The molecular weight excluding hydrogens is 536 g/mol. The van der Waals surface area contributed by atoms with Crippen LogP contribution in [0.3, 0.4) is 0 Å². The molecule has 2 bridgehead atoms. The number of hydrogen-bond donors (Lipinski definition) is 4. The summed E-state index contributed by atoms with van der Waals surface area (Å²) in [5.41, 5.74) is -0.571. The number of phenols is 1. The van der Waals surface area contributed by atoms with E-state index in [0.29, 0.717) is 35.9 Å². The number of fused-ring (bicyclic) bond motifs is 1. The lowest BCUT2D eigenvalue weighted by Crippen LogP contribution is -2.73. The molecule has 212 valence electrons. The van der Waals surface area contributed by atoms with E-state index in [9.17, 15) is 24.9 Å². The molecule has 9 nitrogen and oxygen atoms in total. The number of nitrogens with zero attached hydrogens (tertiary/aromatic N) is 1. The maximum Gasteiger partial charge on any atom is 0.339 e. The van der Waals surface area contributed by atoms with Crippen molar-refractivity contribution in [3.05, 3.63) is 63.4 Å². The molecule has 1 amide bonds. The smallest absolute Gasteiger partial charge is 0.339 e. The van der Waals surface area contributed by atoms with Crippen LogP contribution in [0.15, 0.2) is 41.7 Å². The Morgan fingerprint density at radius 1 is 1.25 bits per heavy atom. The second-order valence-corrected chi connectivity index (χ2v) is 12.1. The summed E-state index contributed by atoms with van der Waals surface area (Å²) in [6.07, 6.45) is 2.34. The number of likely N-dealkylation sites (tertiary alicyclic amines) is 1. The van der Waals surface area contributed by atoms with Crippen molar-refractivity contribution in [1.82, 2.24) is 4.90 Å². The first-order valence-corrected chi connectivity index (χ1v) is 13.9. The van der Waals surface area contributed by atoms with Crippen molar-refractivity contribution in [1.29, 1.82) is 0 Å². The Bertz CT molecular complexity index is 1450. The van der Waals surface area contributed by atoms with Crippen LogP contribution in [0.4, 0.5) is 5.69 Å². The van der Waals surface area contributed by atoms with E-state index in [1.54, 1.807) is 13.0 Å². The summed E-state index contributed by atoms with van der Waals surface area (Å²) in [7, 11) is 1.23. The van der Waals surface area contributed by atoms with Gasteiger partial charge in [-0.25, -0.2) is 4.79 Å². The van der Waals surface area contributed by atoms with Crippen molar-refractivity contribution in [2.45, 2.75) is 62.7 Å². The second-order valence-electron chi connectivity index (χ2n) is 11.6. The van der Waals surface area contributed by atoms with Crippen LogP contribution in [0.2, 0.25) is 5.02 Å². The first-order valence-electron chi connectivity index (χ1n) is 13.6. The average Bonchev–Trinajstić information content (AvgIpc) is 3.66. The van der Waals surface area contributed by atoms with Gasteiger partial charge in [0, 0.05) is 23.2 Å². The van der Waals surface area contributed by atoms with Crippen LogP contribution in [0.5, 0.6) is 11.5 Å². The Morgan fingerprint density at radius 2 is 2.00 bits per heavy atom. The summed E-state index contributed by atoms with van der Waals surface area (Å²) in [6, 6.07) is 7.61. The molecule has 40 heavy (non-hydrogen) atoms. The highest BCUT2D eigenvalue weighted by Crippen LogP contribution is 2.63. The number of rotatable bonds is 6. The summed E-state index contributed by atoms with van der Waals surface area (Å²) in [5, 5.41) is 37.7. The first kappa shape index (κ1) is 26.9. The Balaban J connectivity index is 1.40. The summed E-state index contributed by atoms with van der Waals surface area (Å²) in [5.74, 6) is -0.888. The molecule has 4 N–H and O–H groups in total. The minimum atomic E-state index is -1.33. The van der Waals surface area contributed by atoms with E-state index >= 15 is 0 Å². The van der Waals surface area contributed by atoms with Crippen LogP contribution in [-0.4, -0.2) is 70.0 Å². The lowest BCUT2D eigenvalue weighted by molar-refractivity contribution is -0.153. The number of aliphatic hydroxyl groups excluding tert-OH is 1. The maximum absolute atomic E-state index is 13.4. The number of phenolic OH excluding ortho intramolecular Hbond substituents is 1. The highest BCUT2D eigenvalue weighted by Gasteiger charge is 2.69. The minimum absolute atomic E-state index is 0.0534. The number of hydrogen-bond acceptors (Lipinski definition) is 8. The third-order valence-electron chi connectivity index (χ3n) is 9.35. The standard InChI is InChI=1S/C30H33ClN2O7/c1-15(27(36)32-20-13-18(31)7-8-19(20)28(37)39-3)24(35)26-30-10-11-33(14-16-4-5-16)22(29(30,2)38)12-17-6-9-21(34)25(40-26)23(17)30/h6-9,13,16,22,26,34-35,38H,4-5,10-12,14H2,1-3H3,(H,32,36)/b24-15-/t22-,26+,29-,30+/m1/s1. The molecule has 2 aromatic rings. The van der Waals surface area contributed by atoms with Crippen LogP contribution in [0, 0.1) is 5.92 Å². The Labute approximate surface area is 237 Å². The van der Waals surface area contributed by atoms with E-state index in [4.69, 9.17) is 21.1 Å². The largest absolute Gasteiger partial charge is 0.508 e. The molecule has 2 aliphatic carbocycles. The molecule has 0 radical (unpaired) electrons. The van der Waals surface area contributed by atoms with Crippen molar-refractivity contribution in [2.24, 2.45) is 5.92 Å². The molecule has 4 atom stereocenters. The van der Waals surface area contributed by atoms with Gasteiger partial charge in [-0.2, -0.15) is 0 Å². The van der Waals surface area contributed by atoms with Gasteiger partial charge in [0.15, 0.2) is 17.6 Å². The molecule has 2 aromatic carbocycles. The third-order valence-corrected chi connectivity index (χ3v) is 9.59. The zero-order chi connectivity index (χ0) is 28.6. The zero-order valence-electron chi connectivity index (χ0n) is 22.7. The first-order chi connectivity index (χ1) is 19.0. The Morgan fingerprint density at radius 3 is 2.70 bits per heavy atom. The number of amides is 1. The van der Waals surface area contributed by atoms with Gasteiger partial charge in [0.25, 0.3) is 5.91 Å². The second kappa shape index (κ2) is 9.39. The van der Waals surface area contributed by atoms with E-state index in [0.717, 1.165) is 12.1 Å². The van der Waals surface area contributed by atoms with E-state index in [1.807, 2.05) is 6.07 Å². The number of ether oxygens (including phenoxy) is 2. The number of methoxy groups -OCH3 is 1. The molecule has 1 saturated heterocycles. The number of nitrogens with one attached hydrogen (secondary N) is 1. The SMILES string of the molecule is COC(=O)c1ccc(Cl)cc1NC(=O)/C(C)=C(\O)[C@@H]1Oc2c(O)ccc3c2[C@@]12CCN(CC1CC1)[C@H](C3)[C@@]2(C)O. The molecule has 0 unspecified atom stereocenters. The molecule has 1 spiro atoms. The van der Waals surface area contributed by atoms with Crippen LogP contribution in [-0.2, 0) is 21.4 Å². The van der Waals surface area contributed by atoms with Crippen LogP contribution in [0.1, 0.15) is 54.6 Å². The molecular formula is C30H33ClN2O7. The third kappa shape index (κ3) is 3.89. The number of aliphatic hydroxyl groups is 2. The summed E-state index contributed by atoms with van der Waals surface area (Å²) in [4.78, 5) is 28.0. The molecule has 2 heterocycles. The monoisotopic (exact) mass is 568 g/mol. The quantitative estimate of drug-likeness (QED) is 0.233. The molecule has 2 aliphatic heterocycles. The fraction of sp³-hybridized carbons (Fsp3) is 0.467. The predicted octanol–water partition coefficient (Wildman–Crippen LogP) is 4.09. The molecule has 4 aliphatic rings. The maximum atomic E-state index is 13.4. The van der Waals surface area contributed by atoms with Gasteiger partial charge in [0.2, 0.25) is 0 Å². The van der Waals surface area contributed by atoms with Gasteiger partial charge in [-0.3, -0.25) is 9.69 Å². The Kier molecular flexibility index (Phi) is 6.32. The number of halogens is 1. The van der Waals surface area contributed by atoms with Crippen molar-refractivity contribution in [3.63, 3.8) is 0 Å². The summed E-state index contributed by atoms with van der Waals surface area (Å²) in [6.45, 7) is 4.84. The van der Waals surface area contributed by atoms with Gasteiger partial charge in [-0.05, 0) is 81.8 Å². The average molecular weight is 569 g/mol. The Hall–Kier alpha value is -3.27. The van der Waals surface area contributed by atoms with Crippen molar-refractivity contribution < 1.29 is 34.4 Å². The molecule has 1 saturated carbocycles. The minimum Gasteiger partial charge on any atom is -0.508 e. The fourth-order valence-corrected chi connectivity index (χ4v) is 7.18. The van der Waals surface area contributed by atoms with Crippen molar-refractivity contribution in [3.8, 4) is 11.5 Å². The zero-order valence-corrected chi connectivity index (χ0v) is 23.4. The molecule has 10 heteroatoms. The van der Waals surface area contributed by atoms with E-state index in [-0.39, 0.29) is 40.1 Å². The molecule has 2 fully saturated rings. The number of benzene rings is 2. The summed E-state index contributed by atoms with van der Waals surface area (Å²) < 4.78 is 11.1. The number of carbonyl (C=O) groups excluding carboxylic acids is 2. The normalized spacial score (nSPS) is 29.2. The van der Waals surface area contributed by atoms with Crippen LogP contribution < -0.4 is 10.1 Å². The van der Waals surface area contributed by atoms with Gasteiger partial charge >= 0.3 is 5.97 Å². The van der Waals surface area contributed by atoms with Crippen molar-refractivity contribution >= 4 is 29.2 Å². The number of piperidine rings is 1. The van der Waals surface area contributed by atoms with Gasteiger partial charge in [0.05, 0.1) is 34.9 Å². The predicted molar refractivity (Wildman–Crippen MR) is 148 cm³/mol. The van der Waals surface area contributed by atoms with Gasteiger partial charge in [0.1, 0.15) is 5.76 Å². The van der Waals surface area contributed by atoms with Gasteiger partial charge in [-0.1, -0.05) is 17.7 Å². The number of anilines is 1. The fourth-order valence-electron chi connectivity index (χ4n) is 7.01. The topological polar surface area (TPSA) is 129 Å².